The Kier molecular flexibility index (Phi) is 4.06. The van der Waals surface area contributed by atoms with Crippen LogP contribution in [0.4, 0.5) is 4.39 Å². The van der Waals surface area contributed by atoms with Gasteiger partial charge in [0, 0.05) is 16.9 Å². The van der Waals surface area contributed by atoms with Crippen LogP contribution in [0.5, 0.6) is 0 Å². The second kappa shape index (κ2) is 6.52. The monoisotopic (exact) mass is 382 g/mol. The molecule has 0 bridgehead atoms. The highest BCUT2D eigenvalue weighted by Crippen LogP contribution is 2.38. The van der Waals surface area contributed by atoms with Crippen molar-refractivity contribution in [1.29, 1.82) is 0 Å². The van der Waals surface area contributed by atoms with Crippen LogP contribution < -0.4 is 10.4 Å². The average molecular weight is 382 g/mol. The average Bonchev–Trinajstić information content (AvgIpc) is 2.73. The van der Waals surface area contributed by atoms with Crippen LogP contribution >= 0.6 is 0 Å². The van der Waals surface area contributed by atoms with Crippen molar-refractivity contribution >= 4 is 17.9 Å². The number of carbonyl (C=O) groups is 1. The molecule has 3 aromatic carbocycles. The van der Waals surface area contributed by atoms with Crippen molar-refractivity contribution in [2.75, 3.05) is 0 Å². The lowest BCUT2D eigenvalue weighted by molar-refractivity contribution is 0.0864. The molecule has 0 aromatic heterocycles. The molecule has 0 radical (unpaired) electrons. The molecule has 0 saturated carbocycles. The molecule has 0 amide bonds. The fraction of sp³-hybridized carbons (Fsp3) is 0.222. The summed E-state index contributed by atoms with van der Waals surface area (Å²) in [6.45, 7) is 4.32. The molecule has 29 heavy (non-hydrogen) atoms. The maximum atomic E-state index is 13.3. The number of rotatable bonds is 2. The Balaban J connectivity index is 1.62. The van der Waals surface area contributed by atoms with Gasteiger partial charge in [0.2, 0.25) is 0 Å². The van der Waals surface area contributed by atoms with Gasteiger partial charge in [-0.25, -0.2) is 4.39 Å². The Hall–Kier alpha value is -3.00. The van der Waals surface area contributed by atoms with Gasteiger partial charge in [-0.05, 0) is 69.8 Å². The summed E-state index contributed by atoms with van der Waals surface area (Å²) in [4.78, 5) is 13.2. The highest BCUT2D eigenvalue weighted by atomic mass is 19.1. The third kappa shape index (κ3) is 2.78. The number of benzene rings is 3. The third-order valence-electron chi connectivity index (χ3n) is 6.69. The molecule has 5 rings (SSSR count). The Morgan fingerprint density at radius 2 is 1.66 bits per heavy atom. The van der Waals surface area contributed by atoms with E-state index in [1.165, 1.54) is 44.8 Å². The maximum absolute atomic E-state index is 13.3. The third-order valence-corrected chi connectivity index (χ3v) is 6.69. The van der Waals surface area contributed by atoms with E-state index in [1.54, 1.807) is 12.1 Å². The molecular formula is C27H23FO. The summed E-state index contributed by atoms with van der Waals surface area (Å²) in [5.74, 6) is -0.387. The topological polar surface area (TPSA) is 17.1 Å². The Morgan fingerprint density at radius 1 is 0.897 bits per heavy atom. The van der Waals surface area contributed by atoms with E-state index in [-0.39, 0.29) is 22.9 Å². The summed E-state index contributed by atoms with van der Waals surface area (Å²) in [7, 11) is 0. The molecule has 0 fully saturated rings. The number of ketones is 1. The van der Waals surface area contributed by atoms with Crippen molar-refractivity contribution in [3.05, 3.63) is 93.6 Å². The number of hydrogen-bond acceptors (Lipinski definition) is 1. The van der Waals surface area contributed by atoms with E-state index >= 15 is 0 Å². The molecule has 1 atom stereocenters. The maximum Gasteiger partial charge on any atom is 0.167 e. The lowest BCUT2D eigenvalue weighted by Crippen LogP contribution is -2.46. The predicted molar refractivity (Wildman–Crippen MR) is 116 cm³/mol. The molecule has 0 aliphatic heterocycles. The van der Waals surface area contributed by atoms with E-state index in [0.29, 0.717) is 12.0 Å². The number of halogens is 1. The van der Waals surface area contributed by atoms with Crippen molar-refractivity contribution in [3.8, 4) is 11.1 Å². The molecule has 0 heterocycles. The van der Waals surface area contributed by atoms with Gasteiger partial charge in [0.05, 0.1) is 0 Å². The van der Waals surface area contributed by atoms with Crippen molar-refractivity contribution < 1.29 is 9.18 Å². The van der Waals surface area contributed by atoms with E-state index < -0.39 is 0 Å². The second-order valence-corrected chi connectivity index (χ2v) is 8.64. The molecule has 2 heteroatoms. The minimum Gasteiger partial charge on any atom is -0.294 e. The normalized spacial score (nSPS) is 18.5. The Morgan fingerprint density at radius 3 is 2.45 bits per heavy atom. The summed E-state index contributed by atoms with van der Waals surface area (Å²) >= 11 is 0. The van der Waals surface area contributed by atoms with E-state index in [1.807, 2.05) is 0 Å². The number of hydrogen-bond donors (Lipinski definition) is 0. The van der Waals surface area contributed by atoms with Crippen LogP contribution in [0.15, 0.2) is 60.7 Å². The van der Waals surface area contributed by atoms with Crippen molar-refractivity contribution in [1.82, 2.24) is 0 Å². The first-order valence-electron chi connectivity index (χ1n) is 10.2. The van der Waals surface area contributed by atoms with Gasteiger partial charge in [-0.2, -0.15) is 0 Å². The summed E-state index contributed by atoms with van der Waals surface area (Å²) in [6, 6.07) is 18.9. The zero-order valence-corrected chi connectivity index (χ0v) is 16.7. The highest BCUT2D eigenvalue weighted by Gasteiger charge is 2.39. The molecule has 1 unspecified atom stereocenters. The summed E-state index contributed by atoms with van der Waals surface area (Å²) in [6.07, 6.45) is 6.19. The van der Waals surface area contributed by atoms with Crippen molar-refractivity contribution in [3.63, 3.8) is 0 Å². The zero-order chi connectivity index (χ0) is 20.2. The van der Waals surface area contributed by atoms with Crippen LogP contribution in [0.25, 0.3) is 23.3 Å². The second-order valence-electron chi connectivity index (χ2n) is 8.64. The summed E-state index contributed by atoms with van der Waals surface area (Å²) < 4.78 is 13.3. The minimum absolute atomic E-state index is 0.0870. The van der Waals surface area contributed by atoms with Crippen LogP contribution in [0.3, 0.4) is 0 Å². The van der Waals surface area contributed by atoms with Crippen LogP contribution in [0.1, 0.15) is 41.8 Å². The first-order chi connectivity index (χ1) is 14.0. The number of fused-ring (bicyclic) bond motifs is 5. The van der Waals surface area contributed by atoms with E-state index in [2.05, 4.69) is 62.4 Å². The lowest BCUT2D eigenvalue weighted by Gasteiger charge is -2.37. The Bertz CT molecular complexity index is 1250. The van der Waals surface area contributed by atoms with Crippen LogP contribution in [0.2, 0.25) is 0 Å². The largest absolute Gasteiger partial charge is 0.294 e. The van der Waals surface area contributed by atoms with Gasteiger partial charge >= 0.3 is 0 Å². The van der Waals surface area contributed by atoms with Gasteiger partial charge in [-0.1, -0.05) is 62.4 Å². The van der Waals surface area contributed by atoms with E-state index in [0.717, 1.165) is 6.42 Å². The van der Waals surface area contributed by atoms with Gasteiger partial charge in [0.15, 0.2) is 5.78 Å². The molecule has 1 nitrogen and oxygen atoms in total. The molecule has 3 aromatic rings. The van der Waals surface area contributed by atoms with Gasteiger partial charge in [-0.3, -0.25) is 4.79 Å². The SMILES string of the molecule is CC1(C)c2ccc3c(c2=CCC1C(=O)c1ccc(F)cc1)=CCc1ccccc1-3. The zero-order valence-electron chi connectivity index (χ0n) is 16.7. The first-order valence-corrected chi connectivity index (χ1v) is 10.2. The number of Topliss-reactive ketones (excluding diaryl/α,β-unsaturated/α-hetero) is 1. The predicted octanol–water partition coefficient (Wildman–Crippen LogP) is 4.79. The van der Waals surface area contributed by atoms with Crippen molar-refractivity contribution in [2.24, 2.45) is 5.92 Å². The van der Waals surface area contributed by atoms with Gasteiger partial charge in [0.1, 0.15) is 5.82 Å². The Labute approximate surface area is 170 Å². The van der Waals surface area contributed by atoms with Gasteiger partial charge < -0.3 is 0 Å². The molecule has 144 valence electrons. The standard InChI is InChI=1S/C27H23FO/c1-27(2)24-15-13-21-20-6-4-3-5-17(20)9-12-22(21)23(24)14-16-25(27)26(29)18-7-10-19(28)11-8-18/h3-8,10-15,25H,9,16H2,1-2H3. The summed E-state index contributed by atoms with van der Waals surface area (Å²) in [5, 5.41) is 2.56. The van der Waals surface area contributed by atoms with Crippen molar-refractivity contribution in [2.45, 2.75) is 32.1 Å². The molecule has 0 saturated heterocycles. The molecule has 2 aliphatic carbocycles. The quantitative estimate of drug-likeness (QED) is 0.583. The lowest BCUT2D eigenvalue weighted by atomic mass is 9.65. The number of carbonyl (C=O) groups excluding carboxylic acids is 1. The highest BCUT2D eigenvalue weighted by molar-refractivity contribution is 5.99. The van der Waals surface area contributed by atoms with Gasteiger partial charge in [0.25, 0.3) is 0 Å². The van der Waals surface area contributed by atoms with Crippen LogP contribution in [-0.2, 0) is 11.8 Å². The van der Waals surface area contributed by atoms with Crippen LogP contribution in [0, 0.1) is 11.7 Å². The fourth-order valence-corrected chi connectivity index (χ4v) is 5.01. The molecule has 0 spiro atoms. The molecule has 2 aliphatic rings. The van der Waals surface area contributed by atoms with Gasteiger partial charge in [-0.15, -0.1) is 0 Å². The fourth-order valence-electron chi connectivity index (χ4n) is 5.01. The smallest absolute Gasteiger partial charge is 0.167 e. The summed E-state index contributed by atoms with van der Waals surface area (Å²) in [5.41, 5.74) is 5.46. The van der Waals surface area contributed by atoms with E-state index in [4.69, 9.17) is 0 Å². The first kappa shape index (κ1) is 18.1. The molecule has 0 N–H and O–H groups in total. The van der Waals surface area contributed by atoms with Crippen LogP contribution in [-0.4, -0.2) is 5.78 Å². The molecular weight excluding hydrogens is 359 g/mol. The minimum atomic E-state index is -0.316. The van der Waals surface area contributed by atoms with E-state index in [9.17, 15) is 9.18 Å².